The van der Waals surface area contributed by atoms with E-state index in [-0.39, 0.29) is 5.91 Å². The van der Waals surface area contributed by atoms with Crippen LogP contribution in [0.2, 0.25) is 0 Å². The Labute approximate surface area is 158 Å². The number of nitriles is 1. The van der Waals surface area contributed by atoms with E-state index in [2.05, 4.69) is 16.4 Å². The third-order valence-corrected chi connectivity index (χ3v) is 4.92. The number of amides is 1. The Morgan fingerprint density at radius 2 is 2.00 bits per heavy atom. The maximum absolute atomic E-state index is 12.6. The summed E-state index contributed by atoms with van der Waals surface area (Å²) in [4.78, 5) is 19.0. The second kappa shape index (κ2) is 7.46. The van der Waals surface area contributed by atoms with E-state index in [1.807, 2.05) is 47.4 Å². The zero-order valence-corrected chi connectivity index (χ0v) is 15.0. The van der Waals surface area contributed by atoms with Crippen LogP contribution in [0.1, 0.15) is 34.3 Å². The van der Waals surface area contributed by atoms with Crippen LogP contribution in [-0.4, -0.2) is 28.9 Å². The molecule has 5 nitrogen and oxygen atoms in total. The van der Waals surface area contributed by atoms with Crippen LogP contribution in [-0.2, 0) is 6.54 Å². The van der Waals surface area contributed by atoms with E-state index < -0.39 is 0 Å². The zero-order chi connectivity index (χ0) is 18.6. The number of fused-ring (bicyclic) bond motifs is 1. The average Bonchev–Trinajstić information content (AvgIpc) is 3.26. The molecule has 1 fully saturated rings. The smallest absolute Gasteiger partial charge is 0.253 e. The van der Waals surface area contributed by atoms with E-state index in [0.29, 0.717) is 17.7 Å². The number of pyridine rings is 1. The zero-order valence-electron chi connectivity index (χ0n) is 15.0. The van der Waals surface area contributed by atoms with Crippen LogP contribution < -0.4 is 5.32 Å². The first kappa shape index (κ1) is 17.0. The normalized spacial score (nSPS) is 13.5. The van der Waals surface area contributed by atoms with Gasteiger partial charge in [-0.25, -0.2) is 0 Å². The molecule has 0 spiro atoms. The van der Waals surface area contributed by atoms with E-state index in [0.717, 1.165) is 48.1 Å². The molecule has 0 radical (unpaired) electrons. The van der Waals surface area contributed by atoms with E-state index in [9.17, 15) is 4.79 Å². The van der Waals surface area contributed by atoms with Crippen LogP contribution in [0.4, 0.5) is 5.69 Å². The minimum Gasteiger partial charge on any atom is -0.380 e. The van der Waals surface area contributed by atoms with Gasteiger partial charge in [0.25, 0.3) is 5.91 Å². The summed E-state index contributed by atoms with van der Waals surface area (Å²) in [5, 5.41) is 13.4. The molecule has 4 rings (SSSR count). The lowest BCUT2D eigenvalue weighted by Crippen LogP contribution is -2.27. The molecule has 0 unspecified atom stereocenters. The lowest BCUT2D eigenvalue weighted by molar-refractivity contribution is 0.0793. The van der Waals surface area contributed by atoms with Crippen LogP contribution in [0, 0.1) is 11.3 Å². The predicted molar refractivity (Wildman–Crippen MR) is 105 cm³/mol. The van der Waals surface area contributed by atoms with Gasteiger partial charge in [-0.2, -0.15) is 5.26 Å². The van der Waals surface area contributed by atoms with Gasteiger partial charge in [0.05, 0.1) is 17.1 Å². The summed E-state index contributed by atoms with van der Waals surface area (Å²) >= 11 is 0. The number of nitrogens with zero attached hydrogens (tertiary/aromatic N) is 3. The monoisotopic (exact) mass is 356 g/mol. The first-order chi connectivity index (χ1) is 13.2. The summed E-state index contributed by atoms with van der Waals surface area (Å²) in [6.07, 6.45) is 3.91. The number of likely N-dealkylation sites (tertiary alicyclic amines) is 1. The van der Waals surface area contributed by atoms with Gasteiger partial charge >= 0.3 is 0 Å². The standard InChI is InChI=1S/C22H20N4O/c23-14-16-4-3-5-17(12-16)15-25-20-8-9-24-21-13-18(6-7-19(20)21)22(27)26-10-1-2-11-26/h3-9,12-13H,1-2,10-11,15H2,(H,24,25). The molecule has 2 heterocycles. The summed E-state index contributed by atoms with van der Waals surface area (Å²) in [6, 6.07) is 17.4. The summed E-state index contributed by atoms with van der Waals surface area (Å²) < 4.78 is 0. The van der Waals surface area contributed by atoms with Gasteiger partial charge in [0, 0.05) is 42.5 Å². The molecule has 5 heteroatoms. The van der Waals surface area contributed by atoms with Gasteiger partial charge in [0.15, 0.2) is 0 Å². The number of hydrogen-bond donors (Lipinski definition) is 1. The second-order valence-electron chi connectivity index (χ2n) is 6.76. The Morgan fingerprint density at radius 1 is 1.15 bits per heavy atom. The first-order valence-electron chi connectivity index (χ1n) is 9.15. The summed E-state index contributed by atoms with van der Waals surface area (Å²) in [5.74, 6) is 0.0860. The van der Waals surface area contributed by atoms with Crippen molar-refractivity contribution in [1.82, 2.24) is 9.88 Å². The quantitative estimate of drug-likeness (QED) is 0.768. The molecule has 2 aromatic carbocycles. The number of nitrogens with one attached hydrogen (secondary N) is 1. The third kappa shape index (κ3) is 3.61. The van der Waals surface area contributed by atoms with Crippen LogP contribution in [0.5, 0.6) is 0 Å². The maximum Gasteiger partial charge on any atom is 0.253 e. The van der Waals surface area contributed by atoms with Crippen LogP contribution in [0.25, 0.3) is 10.9 Å². The van der Waals surface area contributed by atoms with Crippen LogP contribution >= 0.6 is 0 Å². The Kier molecular flexibility index (Phi) is 4.71. The van der Waals surface area contributed by atoms with Gasteiger partial charge in [-0.3, -0.25) is 9.78 Å². The first-order valence-corrected chi connectivity index (χ1v) is 9.15. The van der Waals surface area contributed by atoms with Crippen LogP contribution in [0.3, 0.4) is 0 Å². The van der Waals surface area contributed by atoms with Crippen molar-refractivity contribution in [3.05, 3.63) is 71.4 Å². The minimum atomic E-state index is 0.0860. The largest absolute Gasteiger partial charge is 0.380 e. The Bertz CT molecular complexity index is 1030. The maximum atomic E-state index is 12.6. The van der Waals surface area contributed by atoms with Gasteiger partial charge in [-0.15, -0.1) is 0 Å². The molecule has 0 aliphatic carbocycles. The van der Waals surface area contributed by atoms with E-state index >= 15 is 0 Å². The number of aromatic nitrogens is 1. The van der Waals surface area contributed by atoms with Crippen molar-refractivity contribution in [2.45, 2.75) is 19.4 Å². The number of carbonyl (C=O) groups excluding carboxylic acids is 1. The molecule has 3 aromatic rings. The molecule has 1 saturated heterocycles. The van der Waals surface area contributed by atoms with E-state index in [1.165, 1.54) is 0 Å². The van der Waals surface area contributed by atoms with Crippen LogP contribution in [0.15, 0.2) is 54.7 Å². The fourth-order valence-electron chi connectivity index (χ4n) is 3.49. The van der Waals surface area contributed by atoms with Gasteiger partial charge in [-0.1, -0.05) is 12.1 Å². The number of rotatable bonds is 4. The van der Waals surface area contributed by atoms with Gasteiger partial charge in [-0.05, 0) is 54.8 Å². The molecule has 134 valence electrons. The highest BCUT2D eigenvalue weighted by molar-refractivity contribution is 6.00. The molecular weight excluding hydrogens is 336 g/mol. The van der Waals surface area contributed by atoms with Crippen molar-refractivity contribution in [3.63, 3.8) is 0 Å². The number of hydrogen-bond acceptors (Lipinski definition) is 4. The third-order valence-electron chi connectivity index (χ3n) is 4.92. The van der Waals surface area contributed by atoms with Gasteiger partial charge in [0.2, 0.25) is 0 Å². The molecule has 1 N–H and O–H groups in total. The minimum absolute atomic E-state index is 0.0860. The molecule has 1 aliphatic rings. The van der Waals surface area contributed by atoms with Crippen molar-refractivity contribution >= 4 is 22.5 Å². The molecular formula is C22H20N4O. The molecule has 0 bridgehead atoms. The lowest BCUT2D eigenvalue weighted by Gasteiger charge is -2.16. The number of anilines is 1. The molecule has 0 atom stereocenters. The molecule has 0 saturated carbocycles. The topological polar surface area (TPSA) is 69.0 Å². The SMILES string of the molecule is N#Cc1cccc(CNc2ccnc3cc(C(=O)N4CCCC4)ccc23)c1. The van der Waals surface area contributed by atoms with Crippen molar-refractivity contribution in [2.24, 2.45) is 0 Å². The summed E-state index contributed by atoms with van der Waals surface area (Å²) in [5.41, 5.74) is 4.15. The van der Waals surface area contributed by atoms with Crippen molar-refractivity contribution in [2.75, 3.05) is 18.4 Å². The molecule has 1 aromatic heterocycles. The average molecular weight is 356 g/mol. The van der Waals surface area contributed by atoms with E-state index in [1.54, 1.807) is 12.3 Å². The fourth-order valence-corrected chi connectivity index (χ4v) is 3.49. The van der Waals surface area contributed by atoms with Gasteiger partial charge in [0.1, 0.15) is 0 Å². The van der Waals surface area contributed by atoms with E-state index in [4.69, 9.17) is 5.26 Å². The highest BCUT2D eigenvalue weighted by Gasteiger charge is 2.19. The predicted octanol–water partition coefficient (Wildman–Crippen LogP) is 3.95. The highest BCUT2D eigenvalue weighted by Crippen LogP contribution is 2.24. The summed E-state index contributed by atoms with van der Waals surface area (Å²) in [7, 11) is 0. The highest BCUT2D eigenvalue weighted by atomic mass is 16.2. The van der Waals surface area contributed by atoms with Gasteiger partial charge < -0.3 is 10.2 Å². The molecule has 1 amide bonds. The fraction of sp³-hybridized carbons (Fsp3) is 0.227. The summed E-state index contributed by atoms with van der Waals surface area (Å²) in [6.45, 7) is 2.30. The lowest BCUT2D eigenvalue weighted by atomic mass is 10.1. The van der Waals surface area contributed by atoms with Crippen molar-refractivity contribution in [1.29, 1.82) is 5.26 Å². The number of benzene rings is 2. The Morgan fingerprint density at radius 3 is 2.81 bits per heavy atom. The molecule has 1 aliphatic heterocycles. The Balaban J connectivity index is 1.56. The van der Waals surface area contributed by atoms with Crippen molar-refractivity contribution < 1.29 is 4.79 Å². The van der Waals surface area contributed by atoms with Crippen molar-refractivity contribution in [3.8, 4) is 6.07 Å². The molecule has 27 heavy (non-hydrogen) atoms. The number of carbonyl (C=O) groups is 1. The second-order valence-corrected chi connectivity index (χ2v) is 6.76. The Hall–Kier alpha value is -3.39.